The Kier molecular flexibility index (Phi) is 5.21. The molecule has 1 amide bonds. The minimum atomic E-state index is -0.351. The van der Waals surface area contributed by atoms with E-state index in [1.54, 1.807) is 24.3 Å². The molecule has 0 aliphatic heterocycles. The monoisotopic (exact) mass is 321 g/mol. The van der Waals surface area contributed by atoms with Gasteiger partial charge in [-0.05, 0) is 42.5 Å². The van der Waals surface area contributed by atoms with Crippen molar-refractivity contribution in [3.05, 3.63) is 69.5 Å². The Morgan fingerprint density at radius 1 is 1.14 bits per heavy atom. The SMILES string of the molecule is O=C(NCC#Cc1ccc(F)cc1)c1cc(Cl)ccc1Cl. The molecule has 0 aromatic heterocycles. The smallest absolute Gasteiger partial charge is 0.253 e. The van der Waals surface area contributed by atoms with E-state index >= 15 is 0 Å². The van der Waals surface area contributed by atoms with Crippen LogP contribution in [0.1, 0.15) is 15.9 Å². The lowest BCUT2D eigenvalue weighted by Crippen LogP contribution is -2.23. The molecule has 0 bridgehead atoms. The molecule has 2 aromatic rings. The molecule has 0 radical (unpaired) electrons. The highest BCUT2D eigenvalue weighted by atomic mass is 35.5. The van der Waals surface area contributed by atoms with Crippen molar-refractivity contribution < 1.29 is 9.18 Å². The van der Waals surface area contributed by atoms with E-state index in [1.807, 2.05) is 0 Å². The fourth-order valence-corrected chi connectivity index (χ4v) is 1.95. The van der Waals surface area contributed by atoms with E-state index in [2.05, 4.69) is 17.2 Å². The second-order valence-corrected chi connectivity index (χ2v) is 4.96. The zero-order chi connectivity index (χ0) is 15.2. The van der Waals surface area contributed by atoms with E-state index in [0.29, 0.717) is 21.2 Å². The first-order chi connectivity index (χ1) is 10.1. The van der Waals surface area contributed by atoms with Crippen LogP contribution in [0.2, 0.25) is 10.0 Å². The third kappa shape index (κ3) is 4.49. The number of nitrogens with one attached hydrogen (secondary N) is 1. The van der Waals surface area contributed by atoms with Crippen molar-refractivity contribution in [2.45, 2.75) is 0 Å². The van der Waals surface area contributed by atoms with Gasteiger partial charge in [0.25, 0.3) is 5.91 Å². The molecule has 0 saturated carbocycles. The van der Waals surface area contributed by atoms with E-state index in [9.17, 15) is 9.18 Å². The van der Waals surface area contributed by atoms with E-state index in [-0.39, 0.29) is 18.3 Å². The summed E-state index contributed by atoms with van der Waals surface area (Å²) >= 11 is 11.7. The van der Waals surface area contributed by atoms with Crippen molar-refractivity contribution in [1.29, 1.82) is 0 Å². The molecule has 0 aliphatic carbocycles. The Morgan fingerprint density at radius 2 is 1.86 bits per heavy atom. The predicted octanol–water partition coefficient (Wildman–Crippen LogP) is 3.91. The van der Waals surface area contributed by atoms with Gasteiger partial charge in [-0.2, -0.15) is 0 Å². The van der Waals surface area contributed by atoms with Crippen LogP contribution in [0.25, 0.3) is 0 Å². The van der Waals surface area contributed by atoms with Crippen LogP contribution in [-0.4, -0.2) is 12.5 Å². The van der Waals surface area contributed by atoms with Gasteiger partial charge in [0.1, 0.15) is 5.82 Å². The van der Waals surface area contributed by atoms with Crippen LogP contribution in [0, 0.1) is 17.7 Å². The maximum atomic E-state index is 12.7. The molecule has 5 heteroatoms. The Balaban J connectivity index is 1.96. The van der Waals surface area contributed by atoms with Gasteiger partial charge in [0.05, 0.1) is 17.1 Å². The summed E-state index contributed by atoms with van der Waals surface area (Å²) in [5.74, 6) is 4.92. The molecule has 0 atom stereocenters. The zero-order valence-corrected chi connectivity index (χ0v) is 12.3. The standard InChI is InChI=1S/C16H10Cl2FNO/c17-12-5-8-15(18)14(10-12)16(21)20-9-1-2-11-3-6-13(19)7-4-11/h3-8,10H,9H2,(H,20,21). The molecule has 2 nitrogen and oxygen atoms in total. The minimum Gasteiger partial charge on any atom is -0.341 e. The number of hydrogen-bond acceptors (Lipinski definition) is 1. The van der Waals surface area contributed by atoms with Crippen molar-refractivity contribution in [3.63, 3.8) is 0 Å². The lowest BCUT2D eigenvalue weighted by atomic mass is 10.2. The number of amides is 1. The molecule has 2 aromatic carbocycles. The molecular formula is C16H10Cl2FNO. The van der Waals surface area contributed by atoms with Gasteiger partial charge in [0, 0.05) is 10.6 Å². The Bertz CT molecular complexity index is 717. The average molecular weight is 322 g/mol. The molecule has 0 saturated heterocycles. The summed E-state index contributed by atoms with van der Waals surface area (Å²) in [5.41, 5.74) is 0.971. The van der Waals surface area contributed by atoms with Crippen molar-refractivity contribution >= 4 is 29.1 Å². The molecule has 0 aliphatic rings. The third-order valence-corrected chi connectivity index (χ3v) is 3.15. The Labute approximate surface area is 131 Å². The number of halogens is 3. The quantitative estimate of drug-likeness (QED) is 0.835. The molecule has 0 unspecified atom stereocenters. The molecule has 1 N–H and O–H groups in total. The van der Waals surface area contributed by atoms with Crippen LogP contribution < -0.4 is 5.32 Å². The first-order valence-corrected chi connectivity index (χ1v) is 6.79. The molecule has 21 heavy (non-hydrogen) atoms. The van der Waals surface area contributed by atoms with Gasteiger partial charge in [-0.15, -0.1) is 0 Å². The van der Waals surface area contributed by atoms with Crippen LogP contribution in [0.5, 0.6) is 0 Å². The van der Waals surface area contributed by atoms with Gasteiger partial charge in [0.2, 0.25) is 0 Å². The summed E-state index contributed by atoms with van der Waals surface area (Å²) in [4.78, 5) is 11.9. The summed E-state index contributed by atoms with van der Waals surface area (Å²) < 4.78 is 12.7. The number of hydrogen-bond donors (Lipinski definition) is 1. The van der Waals surface area contributed by atoms with Gasteiger partial charge in [-0.3, -0.25) is 4.79 Å². The van der Waals surface area contributed by atoms with Crippen molar-refractivity contribution in [1.82, 2.24) is 5.32 Å². The third-order valence-electron chi connectivity index (χ3n) is 2.59. The summed E-state index contributed by atoms with van der Waals surface area (Å²) in [6.45, 7) is 0.152. The normalized spacial score (nSPS) is 9.67. The highest BCUT2D eigenvalue weighted by Crippen LogP contribution is 2.20. The average Bonchev–Trinajstić information content (AvgIpc) is 2.47. The lowest BCUT2D eigenvalue weighted by Gasteiger charge is -2.04. The topological polar surface area (TPSA) is 29.1 Å². The van der Waals surface area contributed by atoms with Gasteiger partial charge < -0.3 is 5.32 Å². The summed E-state index contributed by atoms with van der Waals surface area (Å²) in [5, 5.41) is 3.37. The van der Waals surface area contributed by atoms with Gasteiger partial charge >= 0.3 is 0 Å². The van der Waals surface area contributed by atoms with Crippen LogP contribution in [0.15, 0.2) is 42.5 Å². The van der Waals surface area contributed by atoms with Crippen LogP contribution in [0.3, 0.4) is 0 Å². The minimum absolute atomic E-state index is 0.152. The molecular weight excluding hydrogens is 312 g/mol. The first kappa shape index (κ1) is 15.4. The number of carbonyl (C=O) groups excluding carboxylic acids is 1. The molecule has 0 fully saturated rings. The lowest BCUT2D eigenvalue weighted by molar-refractivity contribution is 0.0959. The fraction of sp³-hybridized carbons (Fsp3) is 0.0625. The van der Waals surface area contributed by atoms with E-state index < -0.39 is 0 Å². The number of carbonyl (C=O) groups is 1. The highest BCUT2D eigenvalue weighted by molar-refractivity contribution is 6.35. The summed E-state index contributed by atoms with van der Waals surface area (Å²) in [6, 6.07) is 10.4. The molecule has 0 spiro atoms. The van der Waals surface area contributed by atoms with Crippen molar-refractivity contribution in [2.24, 2.45) is 0 Å². The van der Waals surface area contributed by atoms with Crippen LogP contribution >= 0.6 is 23.2 Å². The zero-order valence-electron chi connectivity index (χ0n) is 10.8. The van der Waals surface area contributed by atoms with Crippen molar-refractivity contribution in [2.75, 3.05) is 6.54 Å². The first-order valence-electron chi connectivity index (χ1n) is 6.04. The van der Waals surface area contributed by atoms with Crippen LogP contribution in [-0.2, 0) is 0 Å². The number of rotatable bonds is 2. The molecule has 106 valence electrons. The van der Waals surface area contributed by atoms with E-state index in [0.717, 1.165) is 0 Å². The second-order valence-electron chi connectivity index (χ2n) is 4.12. The fourth-order valence-electron chi connectivity index (χ4n) is 1.57. The van der Waals surface area contributed by atoms with Crippen molar-refractivity contribution in [3.8, 4) is 11.8 Å². The molecule has 0 heterocycles. The van der Waals surface area contributed by atoms with Gasteiger partial charge in [-0.25, -0.2) is 4.39 Å². The Hall–Kier alpha value is -2.02. The second kappa shape index (κ2) is 7.12. The number of benzene rings is 2. The maximum Gasteiger partial charge on any atom is 0.253 e. The van der Waals surface area contributed by atoms with E-state index in [1.165, 1.54) is 18.2 Å². The van der Waals surface area contributed by atoms with Crippen LogP contribution in [0.4, 0.5) is 4.39 Å². The predicted molar refractivity (Wildman–Crippen MR) is 82.1 cm³/mol. The Morgan fingerprint density at radius 3 is 2.57 bits per heavy atom. The van der Waals surface area contributed by atoms with E-state index in [4.69, 9.17) is 23.2 Å². The summed E-state index contributed by atoms with van der Waals surface area (Å²) in [7, 11) is 0. The highest BCUT2D eigenvalue weighted by Gasteiger charge is 2.09. The van der Waals surface area contributed by atoms with Gasteiger partial charge in [-0.1, -0.05) is 35.0 Å². The van der Waals surface area contributed by atoms with Gasteiger partial charge in [0.15, 0.2) is 0 Å². The largest absolute Gasteiger partial charge is 0.341 e. The maximum absolute atomic E-state index is 12.7. The molecule has 2 rings (SSSR count). The summed E-state index contributed by atoms with van der Waals surface area (Å²) in [6.07, 6.45) is 0.